The zero-order valence-electron chi connectivity index (χ0n) is 8.61. The van der Waals surface area contributed by atoms with E-state index in [2.05, 4.69) is 20.9 Å². The van der Waals surface area contributed by atoms with Gasteiger partial charge in [-0.1, -0.05) is 15.9 Å². The van der Waals surface area contributed by atoms with E-state index < -0.39 is 0 Å². The average Bonchev–Trinajstić information content (AvgIpc) is 2.53. The molecule has 1 fully saturated rings. The summed E-state index contributed by atoms with van der Waals surface area (Å²) in [6.45, 7) is 3.57. The van der Waals surface area contributed by atoms with Crippen LogP contribution in [0.2, 0.25) is 0 Å². The van der Waals surface area contributed by atoms with E-state index in [1.165, 1.54) is 5.56 Å². The molecule has 1 aromatic heterocycles. The number of aryl methyl sites for hydroxylation is 1. The van der Waals surface area contributed by atoms with E-state index in [1.54, 1.807) is 6.20 Å². The molecule has 0 aromatic carbocycles. The summed E-state index contributed by atoms with van der Waals surface area (Å²) in [7, 11) is 0. The van der Waals surface area contributed by atoms with Crippen molar-refractivity contribution in [2.24, 2.45) is 0 Å². The lowest BCUT2D eigenvalue weighted by molar-refractivity contribution is -0.127. The van der Waals surface area contributed by atoms with Crippen LogP contribution in [0.4, 0.5) is 0 Å². The molecule has 0 N–H and O–H groups in total. The molecule has 0 spiro atoms. The summed E-state index contributed by atoms with van der Waals surface area (Å²) in [5.41, 5.74) is 2.32. The summed E-state index contributed by atoms with van der Waals surface area (Å²) in [4.78, 5) is 17.6. The molecule has 0 saturated carbocycles. The van der Waals surface area contributed by atoms with E-state index >= 15 is 0 Å². The molecule has 15 heavy (non-hydrogen) atoms. The number of amides is 1. The van der Waals surface area contributed by atoms with Crippen molar-refractivity contribution in [3.63, 3.8) is 0 Å². The van der Waals surface area contributed by atoms with E-state index in [0.29, 0.717) is 6.54 Å². The maximum atomic E-state index is 11.7. The van der Waals surface area contributed by atoms with Gasteiger partial charge in [0.2, 0.25) is 5.91 Å². The fourth-order valence-corrected chi connectivity index (χ4v) is 2.24. The molecule has 2 heterocycles. The fourth-order valence-electron chi connectivity index (χ4n) is 1.74. The Bertz CT molecular complexity index is 381. The third kappa shape index (κ3) is 2.20. The van der Waals surface area contributed by atoms with Crippen molar-refractivity contribution in [2.45, 2.75) is 24.7 Å². The third-order valence-corrected chi connectivity index (χ3v) is 3.58. The third-order valence-electron chi connectivity index (χ3n) is 2.73. The first kappa shape index (κ1) is 10.6. The molecule has 4 heteroatoms. The molecule has 1 aliphatic rings. The molecule has 1 atom stereocenters. The standard InChI is InChI=1S/C11H13BrN2O/c1-8-6-13-4-2-9(8)7-14-5-3-10(12)11(14)15/h2,4,6,10H,3,5,7H2,1H3. The number of alkyl halides is 1. The highest BCUT2D eigenvalue weighted by molar-refractivity contribution is 9.10. The van der Waals surface area contributed by atoms with Gasteiger partial charge in [-0.2, -0.15) is 0 Å². The van der Waals surface area contributed by atoms with Crippen molar-refractivity contribution >= 4 is 21.8 Å². The minimum atomic E-state index is 0.0136. The van der Waals surface area contributed by atoms with Gasteiger partial charge in [0, 0.05) is 25.5 Å². The van der Waals surface area contributed by atoms with Crippen LogP contribution < -0.4 is 0 Å². The second kappa shape index (κ2) is 4.31. The van der Waals surface area contributed by atoms with Gasteiger partial charge in [0.1, 0.15) is 0 Å². The number of aromatic nitrogens is 1. The summed E-state index contributed by atoms with van der Waals surface area (Å²) in [6.07, 6.45) is 4.51. The Morgan fingerprint density at radius 3 is 3.07 bits per heavy atom. The molecule has 1 unspecified atom stereocenters. The van der Waals surface area contributed by atoms with E-state index in [0.717, 1.165) is 18.5 Å². The van der Waals surface area contributed by atoms with Gasteiger partial charge in [0.15, 0.2) is 0 Å². The number of pyridine rings is 1. The maximum Gasteiger partial charge on any atom is 0.236 e. The first-order chi connectivity index (χ1) is 7.18. The molecule has 1 aromatic rings. The Hall–Kier alpha value is -0.900. The lowest BCUT2D eigenvalue weighted by Gasteiger charge is -2.16. The normalized spacial score (nSPS) is 21.1. The van der Waals surface area contributed by atoms with Crippen LogP contribution in [0, 0.1) is 6.92 Å². The molecule has 3 nitrogen and oxygen atoms in total. The van der Waals surface area contributed by atoms with Crippen molar-refractivity contribution in [1.82, 2.24) is 9.88 Å². The lowest BCUT2D eigenvalue weighted by Crippen LogP contribution is -2.27. The van der Waals surface area contributed by atoms with Gasteiger partial charge < -0.3 is 4.90 Å². The first-order valence-electron chi connectivity index (χ1n) is 5.01. The highest BCUT2D eigenvalue weighted by Crippen LogP contribution is 2.21. The zero-order chi connectivity index (χ0) is 10.8. The monoisotopic (exact) mass is 268 g/mol. The van der Waals surface area contributed by atoms with Gasteiger partial charge in [0.05, 0.1) is 4.83 Å². The molecule has 1 amide bonds. The molecular weight excluding hydrogens is 256 g/mol. The van der Waals surface area contributed by atoms with Gasteiger partial charge in [-0.3, -0.25) is 9.78 Å². The van der Waals surface area contributed by atoms with Gasteiger partial charge in [-0.05, 0) is 30.5 Å². The molecule has 80 valence electrons. The average molecular weight is 269 g/mol. The summed E-state index contributed by atoms with van der Waals surface area (Å²) in [6, 6.07) is 1.98. The van der Waals surface area contributed by atoms with Crippen molar-refractivity contribution in [3.05, 3.63) is 29.6 Å². The van der Waals surface area contributed by atoms with Crippen molar-refractivity contribution in [1.29, 1.82) is 0 Å². The quantitative estimate of drug-likeness (QED) is 0.768. The number of halogens is 1. The van der Waals surface area contributed by atoms with Gasteiger partial charge >= 0.3 is 0 Å². The predicted molar refractivity (Wildman–Crippen MR) is 61.7 cm³/mol. The summed E-state index contributed by atoms with van der Waals surface area (Å²) in [5, 5.41) is 0. The van der Waals surface area contributed by atoms with Crippen molar-refractivity contribution in [2.75, 3.05) is 6.54 Å². The highest BCUT2D eigenvalue weighted by atomic mass is 79.9. The summed E-state index contributed by atoms with van der Waals surface area (Å²) in [5.74, 6) is 0.200. The molecule has 0 radical (unpaired) electrons. The molecular formula is C11H13BrN2O. The second-order valence-electron chi connectivity index (χ2n) is 3.82. The Morgan fingerprint density at radius 1 is 1.67 bits per heavy atom. The Kier molecular flexibility index (Phi) is 3.05. The number of hydrogen-bond acceptors (Lipinski definition) is 2. The van der Waals surface area contributed by atoms with Crippen LogP contribution in [-0.4, -0.2) is 27.2 Å². The second-order valence-corrected chi connectivity index (χ2v) is 4.92. The number of likely N-dealkylation sites (tertiary alicyclic amines) is 1. The number of carbonyl (C=O) groups excluding carboxylic acids is 1. The van der Waals surface area contributed by atoms with Crippen molar-refractivity contribution < 1.29 is 4.79 Å². The largest absolute Gasteiger partial charge is 0.337 e. The summed E-state index contributed by atoms with van der Waals surface area (Å²) >= 11 is 3.37. The minimum Gasteiger partial charge on any atom is -0.337 e. The summed E-state index contributed by atoms with van der Waals surface area (Å²) < 4.78 is 0. The van der Waals surface area contributed by atoms with Crippen LogP contribution in [0.5, 0.6) is 0 Å². The number of carbonyl (C=O) groups is 1. The fraction of sp³-hybridized carbons (Fsp3) is 0.455. The highest BCUT2D eigenvalue weighted by Gasteiger charge is 2.29. The van der Waals surface area contributed by atoms with E-state index in [1.807, 2.05) is 24.1 Å². The minimum absolute atomic E-state index is 0.0136. The molecule has 2 rings (SSSR count). The Balaban J connectivity index is 2.10. The van der Waals surface area contributed by atoms with Crippen LogP contribution in [0.25, 0.3) is 0 Å². The molecule has 1 aliphatic heterocycles. The maximum absolute atomic E-state index is 11.7. The number of hydrogen-bond donors (Lipinski definition) is 0. The van der Waals surface area contributed by atoms with Gasteiger partial charge in [-0.25, -0.2) is 0 Å². The van der Waals surface area contributed by atoms with Crippen LogP contribution in [0.15, 0.2) is 18.5 Å². The number of nitrogens with zero attached hydrogens (tertiary/aromatic N) is 2. The smallest absolute Gasteiger partial charge is 0.236 e. The lowest BCUT2D eigenvalue weighted by atomic mass is 10.1. The van der Waals surface area contributed by atoms with Crippen molar-refractivity contribution in [3.8, 4) is 0 Å². The van der Waals surface area contributed by atoms with Crippen LogP contribution in [-0.2, 0) is 11.3 Å². The van der Waals surface area contributed by atoms with Crippen LogP contribution in [0.3, 0.4) is 0 Å². The molecule has 1 saturated heterocycles. The van der Waals surface area contributed by atoms with E-state index in [9.17, 15) is 4.79 Å². The Morgan fingerprint density at radius 2 is 2.47 bits per heavy atom. The first-order valence-corrected chi connectivity index (χ1v) is 5.92. The van der Waals surface area contributed by atoms with Gasteiger partial charge in [0.25, 0.3) is 0 Å². The topological polar surface area (TPSA) is 33.2 Å². The molecule has 0 bridgehead atoms. The van der Waals surface area contributed by atoms with E-state index in [-0.39, 0.29) is 10.7 Å². The van der Waals surface area contributed by atoms with Crippen LogP contribution >= 0.6 is 15.9 Å². The van der Waals surface area contributed by atoms with E-state index in [4.69, 9.17) is 0 Å². The van der Waals surface area contributed by atoms with Gasteiger partial charge in [-0.15, -0.1) is 0 Å². The predicted octanol–water partition coefficient (Wildman–Crippen LogP) is 1.89. The zero-order valence-corrected chi connectivity index (χ0v) is 10.2. The Labute approximate surface area is 97.6 Å². The molecule has 0 aliphatic carbocycles. The van der Waals surface area contributed by atoms with Crippen LogP contribution in [0.1, 0.15) is 17.5 Å². The SMILES string of the molecule is Cc1cnccc1CN1CCC(Br)C1=O. The number of rotatable bonds is 2.